The van der Waals surface area contributed by atoms with Crippen molar-refractivity contribution in [1.82, 2.24) is 9.97 Å². The van der Waals surface area contributed by atoms with Crippen LogP contribution in [0.2, 0.25) is 0 Å². The Kier molecular flexibility index (Phi) is 4.83. The summed E-state index contributed by atoms with van der Waals surface area (Å²) in [7, 11) is 0. The zero-order valence-corrected chi connectivity index (χ0v) is 15.6. The minimum atomic E-state index is 0.507. The van der Waals surface area contributed by atoms with Crippen LogP contribution in [-0.2, 0) is 0 Å². The summed E-state index contributed by atoms with van der Waals surface area (Å²) >= 11 is 3.46. The molecule has 25 heavy (non-hydrogen) atoms. The van der Waals surface area contributed by atoms with Crippen molar-refractivity contribution in [3.8, 4) is 0 Å². The number of nitrogens with one attached hydrogen (secondary N) is 2. The molecule has 0 bridgehead atoms. The van der Waals surface area contributed by atoms with Gasteiger partial charge in [-0.25, -0.2) is 4.98 Å². The number of anilines is 3. The summed E-state index contributed by atoms with van der Waals surface area (Å²) in [5, 5.41) is 8.06. The van der Waals surface area contributed by atoms with Crippen LogP contribution in [-0.4, -0.2) is 16.0 Å². The Balaban J connectivity index is 1.66. The highest BCUT2D eigenvalue weighted by molar-refractivity contribution is 9.10. The minimum absolute atomic E-state index is 0.507. The highest BCUT2D eigenvalue weighted by Gasteiger charge is 2.16. The first-order chi connectivity index (χ1) is 12.3. The van der Waals surface area contributed by atoms with E-state index < -0.39 is 0 Å². The Morgan fingerprint density at radius 2 is 1.64 bits per heavy atom. The summed E-state index contributed by atoms with van der Waals surface area (Å²) in [6.07, 6.45) is 6.37. The number of aromatic nitrogens is 2. The van der Waals surface area contributed by atoms with E-state index in [0.717, 1.165) is 26.9 Å². The standard InChI is InChI=1S/C20H21BrN4/c21-14-10-12-16(13-11-14)23-20-24-18-9-5-4-8-17(18)19(25-20)22-15-6-2-1-3-7-15/h4-5,8-13,15H,1-3,6-7H2,(H2,22,23,24,25). The molecule has 128 valence electrons. The van der Waals surface area contributed by atoms with E-state index >= 15 is 0 Å². The van der Waals surface area contributed by atoms with Crippen LogP contribution in [0.5, 0.6) is 0 Å². The highest BCUT2D eigenvalue weighted by atomic mass is 79.9. The SMILES string of the molecule is Brc1ccc(Nc2nc(NC3CCCCC3)c3ccccc3n2)cc1. The average Bonchev–Trinajstić information content (AvgIpc) is 2.65. The number of hydrogen-bond acceptors (Lipinski definition) is 4. The monoisotopic (exact) mass is 396 g/mol. The molecule has 0 unspecified atom stereocenters. The third-order valence-electron chi connectivity index (χ3n) is 4.65. The van der Waals surface area contributed by atoms with E-state index in [1.54, 1.807) is 0 Å². The Morgan fingerprint density at radius 1 is 0.880 bits per heavy atom. The Hall–Kier alpha value is -2.14. The molecule has 3 aromatic rings. The van der Waals surface area contributed by atoms with E-state index in [2.05, 4.69) is 37.6 Å². The highest BCUT2D eigenvalue weighted by Crippen LogP contribution is 2.27. The number of fused-ring (bicyclic) bond motifs is 1. The summed E-state index contributed by atoms with van der Waals surface area (Å²) in [5.41, 5.74) is 1.93. The van der Waals surface area contributed by atoms with Crippen molar-refractivity contribution in [3.63, 3.8) is 0 Å². The van der Waals surface area contributed by atoms with Gasteiger partial charge in [-0.1, -0.05) is 47.3 Å². The van der Waals surface area contributed by atoms with Gasteiger partial charge in [-0.15, -0.1) is 0 Å². The molecule has 1 heterocycles. The summed E-state index contributed by atoms with van der Waals surface area (Å²) in [6.45, 7) is 0. The molecular formula is C20H21BrN4. The molecule has 1 aliphatic carbocycles. The fourth-order valence-corrected chi connectivity index (χ4v) is 3.61. The van der Waals surface area contributed by atoms with Gasteiger partial charge in [0.2, 0.25) is 5.95 Å². The number of benzene rings is 2. The predicted molar refractivity (Wildman–Crippen MR) is 107 cm³/mol. The van der Waals surface area contributed by atoms with Gasteiger partial charge in [0.25, 0.3) is 0 Å². The maximum atomic E-state index is 4.77. The van der Waals surface area contributed by atoms with Crippen molar-refractivity contribution in [3.05, 3.63) is 53.0 Å². The molecule has 4 rings (SSSR count). The van der Waals surface area contributed by atoms with Crippen LogP contribution >= 0.6 is 15.9 Å². The number of hydrogen-bond donors (Lipinski definition) is 2. The smallest absolute Gasteiger partial charge is 0.229 e. The normalized spacial score (nSPS) is 15.2. The van der Waals surface area contributed by atoms with Crippen LogP contribution in [0.15, 0.2) is 53.0 Å². The number of rotatable bonds is 4. The third-order valence-corrected chi connectivity index (χ3v) is 5.18. The lowest BCUT2D eigenvalue weighted by Crippen LogP contribution is -2.23. The predicted octanol–water partition coefficient (Wildman–Crippen LogP) is 5.88. The number of halogens is 1. The molecule has 1 aliphatic rings. The molecule has 1 saturated carbocycles. The fourth-order valence-electron chi connectivity index (χ4n) is 3.35. The van der Waals surface area contributed by atoms with Crippen molar-refractivity contribution in [1.29, 1.82) is 0 Å². The molecule has 1 fully saturated rings. The largest absolute Gasteiger partial charge is 0.367 e. The van der Waals surface area contributed by atoms with E-state index in [9.17, 15) is 0 Å². The third kappa shape index (κ3) is 3.93. The molecular weight excluding hydrogens is 376 g/mol. The molecule has 0 saturated heterocycles. The topological polar surface area (TPSA) is 49.8 Å². The lowest BCUT2D eigenvalue weighted by molar-refractivity contribution is 0.462. The van der Waals surface area contributed by atoms with Gasteiger partial charge in [0, 0.05) is 21.6 Å². The number of para-hydroxylation sites is 1. The average molecular weight is 397 g/mol. The molecule has 2 aromatic carbocycles. The Bertz CT molecular complexity index is 857. The maximum Gasteiger partial charge on any atom is 0.229 e. The molecule has 0 atom stereocenters. The molecule has 4 nitrogen and oxygen atoms in total. The second-order valence-corrected chi connectivity index (χ2v) is 7.44. The van der Waals surface area contributed by atoms with Gasteiger partial charge in [0.05, 0.1) is 5.52 Å². The summed E-state index contributed by atoms with van der Waals surface area (Å²) in [4.78, 5) is 9.44. The van der Waals surface area contributed by atoms with Crippen LogP contribution in [0.3, 0.4) is 0 Å². The fraction of sp³-hybridized carbons (Fsp3) is 0.300. The van der Waals surface area contributed by atoms with E-state index in [1.807, 2.05) is 42.5 Å². The first-order valence-electron chi connectivity index (χ1n) is 8.84. The molecule has 5 heteroatoms. The molecule has 0 spiro atoms. The van der Waals surface area contributed by atoms with Gasteiger partial charge in [-0.3, -0.25) is 0 Å². The van der Waals surface area contributed by atoms with Crippen LogP contribution in [0.4, 0.5) is 17.5 Å². The van der Waals surface area contributed by atoms with Crippen molar-refractivity contribution in [2.45, 2.75) is 38.1 Å². The van der Waals surface area contributed by atoms with Crippen LogP contribution in [0.1, 0.15) is 32.1 Å². The van der Waals surface area contributed by atoms with Crippen LogP contribution in [0, 0.1) is 0 Å². The summed E-state index contributed by atoms with van der Waals surface area (Å²) < 4.78 is 1.05. The van der Waals surface area contributed by atoms with E-state index in [0.29, 0.717) is 12.0 Å². The maximum absolute atomic E-state index is 4.77. The van der Waals surface area contributed by atoms with E-state index in [4.69, 9.17) is 4.98 Å². The van der Waals surface area contributed by atoms with Gasteiger partial charge in [0.1, 0.15) is 5.82 Å². The minimum Gasteiger partial charge on any atom is -0.367 e. The Morgan fingerprint density at radius 3 is 2.44 bits per heavy atom. The van der Waals surface area contributed by atoms with Gasteiger partial charge >= 0.3 is 0 Å². The van der Waals surface area contributed by atoms with Gasteiger partial charge in [-0.05, 0) is 49.2 Å². The second kappa shape index (κ2) is 7.40. The molecule has 2 N–H and O–H groups in total. The molecule has 0 radical (unpaired) electrons. The lowest BCUT2D eigenvalue weighted by Gasteiger charge is -2.24. The first-order valence-corrected chi connectivity index (χ1v) is 9.63. The van der Waals surface area contributed by atoms with E-state index in [-0.39, 0.29) is 0 Å². The van der Waals surface area contributed by atoms with Crippen molar-refractivity contribution >= 4 is 44.3 Å². The first kappa shape index (κ1) is 16.3. The summed E-state index contributed by atoms with van der Waals surface area (Å²) in [5.74, 6) is 1.55. The van der Waals surface area contributed by atoms with Gasteiger partial charge in [0.15, 0.2) is 0 Å². The van der Waals surface area contributed by atoms with Crippen molar-refractivity contribution in [2.75, 3.05) is 10.6 Å². The van der Waals surface area contributed by atoms with Crippen LogP contribution < -0.4 is 10.6 Å². The lowest BCUT2D eigenvalue weighted by atomic mass is 9.95. The van der Waals surface area contributed by atoms with Crippen LogP contribution in [0.25, 0.3) is 10.9 Å². The zero-order chi connectivity index (χ0) is 17.1. The van der Waals surface area contributed by atoms with Gasteiger partial charge < -0.3 is 10.6 Å². The van der Waals surface area contributed by atoms with Crippen molar-refractivity contribution < 1.29 is 0 Å². The number of nitrogens with zero attached hydrogens (tertiary/aromatic N) is 2. The van der Waals surface area contributed by atoms with Crippen molar-refractivity contribution in [2.24, 2.45) is 0 Å². The second-order valence-electron chi connectivity index (χ2n) is 6.52. The van der Waals surface area contributed by atoms with Gasteiger partial charge in [-0.2, -0.15) is 4.98 Å². The molecule has 1 aromatic heterocycles. The molecule has 0 amide bonds. The summed E-state index contributed by atoms with van der Waals surface area (Å²) in [6, 6.07) is 16.7. The Labute approximate surface area is 156 Å². The molecule has 0 aliphatic heterocycles. The van der Waals surface area contributed by atoms with E-state index in [1.165, 1.54) is 32.1 Å². The zero-order valence-electron chi connectivity index (χ0n) is 14.0. The quantitative estimate of drug-likeness (QED) is 0.577.